The average Bonchev–Trinajstić information content (AvgIpc) is 2.76. The normalized spacial score (nSPS) is 11.8. The molecule has 0 heterocycles. The molecule has 1 unspecified atom stereocenters. The summed E-state index contributed by atoms with van der Waals surface area (Å²) in [5, 5.41) is 3.61. The summed E-state index contributed by atoms with van der Waals surface area (Å²) in [7, 11) is 1.68. The van der Waals surface area contributed by atoms with Crippen LogP contribution in [0.4, 0.5) is 0 Å². The van der Waals surface area contributed by atoms with Gasteiger partial charge in [0.05, 0.1) is 11.6 Å². The largest absolute Gasteiger partial charge is 0.493 e. The predicted molar refractivity (Wildman–Crippen MR) is 123 cm³/mol. The molecular weight excluding hydrogens is 426 g/mol. The van der Waals surface area contributed by atoms with E-state index in [0.29, 0.717) is 12.6 Å². The second-order valence-corrected chi connectivity index (χ2v) is 8.04. The van der Waals surface area contributed by atoms with Crippen molar-refractivity contribution in [2.45, 2.75) is 39.0 Å². The molecule has 0 aliphatic heterocycles. The number of benzene rings is 3. The van der Waals surface area contributed by atoms with Gasteiger partial charge in [-0.15, -0.1) is 0 Å². The number of methoxy groups -OCH3 is 1. The van der Waals surface area contributed by atoms with Gasteiger partial charge < -0.3 is 14.8 Å². The van der Waals surface area contributed by atoms with E-state index < -0.39 is 0 Å². The molecule has 29 heavy (non-hydrogen) atoms. The third-order valence-corrected chi connectivity index (χ3v) is 5.47. The highest BCUT2D eigenvalue weighted by Gasteiger charge is 2.13. The molecule has 1 atom stereocenters. The van der Waals surface area contributed by atoms with Gasteiger partial charge in [-0.05, 0) is 64.5 Å². The van der Waals surface area contributed by atoms with Crippen molar-refractivity contribution in [3.05, 3.63) is 94.0 Å². The minimum atomic E-state index is 0.425. The van der Waals surface area contributed by atoms with Crippen LogP contribution in [0.5, 0.6) is 11.5 Å². The lowest BCUT2D eigenvalue weighted by Crippen LogP contribution is -2.26. The van der Waals surface area contributed by atoms with Gasteiger partial charge in [0, 0.05) is 12.6 Å². The monoisotopic (exact) mass is 453 g/mol. The van der Waals surface area contributed by atoms with Crippen molar-refractivity contribution in [2.75, 3.05) is 7.11 Å². The van der Waals surface area contributed by atoms with Crippen LogP contribution in [0, 0.1) is 0 Å². The third kappa shape index (κ3) is 6.62. The maximum atomic E-state index is 6.02. The molecule has 0 spiro atoms. The summed E-state index contributed by atoms with van der Waals surface area (Å²) in [5.41, 5.74) is 3.66. The third-order valence-electron chi connectivity index (χ3n) is 4.88. The zero-order valence-electron chi connectivity index (χ0n) is 17.0. The summed E-state index contributed by atoms with van der Waals surface area (Å²) in [4.78, 5) is 0. The van der Waals surface area contributed by atoms with Gasteiger partial charge in [0.2, 0.25) is 0 Å². The highest BCUT2D eigenvalue weighted by atomic mass is 79.9. The molecule has 0 bridgehead atoms. The topological polar surface area (TPSA) is 30.5 Å². The smallest absolute Gasteiger partial charge is 0.175 e. The highest BCUT2D eigenvalue weighted by Crippen LogP contribution is 2.37. The Bertz CT molecular complexity index is 884. The number of ether oxygens (including phenoxy) is 2. The van der Waals surface area contributed by atoms with Gasteiger partial charge in [0.15, 0.2) is 11.5 Å². The van der Waals surface area contributed by atoms with E-state index in [1.807, 2.05) is 24.3 Å². The van der Waals surface area contributed by atoms with Crippen molar-refractivity contribution >= 4 is 15.9 Å². The van der Waals surface area contributed by atoms with Crippen molar-refractivity contribution in [3.8, 4) is 11.5 Å². The van der Waals surface area contributed by atoms with Crippen LogP contribution in [0.25, 0.3) is 0 Å². The van der Waals surface area contributed by atoms with E-state index in [1.165, 1.54) is 5.56 Å². The first-order valence-electron chi connectivity index (χ1n) is 9.96. The van der Waals surface area contributed by atoms with Gasteiger partial charge in [0.25, 0.3) is 0 Å². The number of hydrogen-bond acceptors (Lipinski definition) is 3. The van der Waals surface area contributed by atoms with Crippen molar-refractivity contribution < 1.29 is 9.47 Å². The molecule has 0 radical (unpaired) electrons. The summed E-state index contributed by atoms with van der Waals surface area (Å²) in [6.45, 7) is 3.51. The van der Waals surface area contributed by atoms with E-state index in [1.54, 1.807) is 7.11 Å². The molecule has 4 heteroatoms. The second kappa shape index (κ2) is 11.0. The molecule has 3 aromatic rings. The van der Waals surface area contributed by atoms with Crippen molar-refractivity contribution in [3.63, 3.8) is 0 Å². The summed E-state index contributed by atoms with van der Waals surface area (Å²) in [6.07, 6.45) is 2.18. The fourth-order valence-corrected chi connectivity index (χ4v) is 3.77. The van der Waals surface area contributed by atoms with Crippen molar-refractivity contribution in [2.24, 2.45) is 0 Å². The van der Waals surface area contributed by atoms with Crippen LogP contribution in [0.2, 0.25) is 0 Å². The Morgan fingerprint density at radius 1 is 0.897 bits per heavy atom. The first-order valence-corrected chi connectivity index (χ1v) is 10.8. The van der Waals surface area contributed by atoms with Gasteiger partial charge in [-0.1, -0.05) is 60.7 Å². The van der Waals surface area contributed by atoms with E-state index in [0.717, 1.165) is 46.5 Å². The first kappa shape index (κ1) is 21.4. The standard InChI is InChI=1S/C25H28BrNO2/c1-19(13-14-20-9-5-3-6-10-20)27-17-22-15-23(26)25(24(16-22)28-2)29-18-21-11-7-4-8-12-21/h3-12,15-16,19,27H,13-14,17-18H2,1-2H3. The molecule has 3 nitrogen and oxygen atoms in total. The maximum Gasteiger partial charge on any atom is 0.175 e. The van der Waals surface area contributed by atoms with Gasteiger partial charge in [-0.25, -0.2) is 0 Å². The molecule has 0 aliphatic carbocycles. The molecule has 1 N–H and O–H groups in total. The summed E-state index contributed by atoms with van der Waals surface area (Å²) in [5.74, 6) is 1.47. The van der Waals surface area contributed by atoms with E-state index in [4.69, 9.17) is 9.47 Å². The quantitative estimate of drug-likeness (QED) is 0.399. The fraction of sp³-hybridized carbons (Fsp3) is 0.280. The Balaban J connectivity index is 1.56. The molecule has 0 aromatic heterocycles. The number of aryl methyl sites for hydroxylation is 1. The summed E-state index contributed by atoms with van der Waals surface area (Å²) < 4.78 is 12.5. The van der Waals surface area contributed by atoms with E-state index in [-0.39, 0.29) is 0 Å². The highest BCUT2D eigenvalue weighted by molar-refractivity contribution is 9.10. The summed E-state index contributed by atoms with van der Waals surface area (Å²) >= 11 is 3.65. The molecule has 0 aliphatic rings. The molecule has 0 saturated carbocycles. The zero-order chi connectivity index (χ0) is 20.5. The van der Waals surface area contributed by atoms with E-state index in [2.05, 4.69) is 76.7 Å². The molecule has 0 saturated heterocycles. The Labute approximate surface area is 182 Å². The average molecular weight is 454 g/mol. The Hall–Kier alpha value is -2.30. The van der Waals surface area contributed by atoms with Crippen LogP contribution in [-0.2, 0) is 19.6 Å². The fourth-order valence-electron chi connectivity index (χ4n) is 3.17. The summed E-state index contributed by atoms with van der Waals surface area (Å²) in [6, 6.07) is 25.3. The molecule has 3 aromatic carbocycles. The Morgan fingerprint density at radius 2 is 1.55 bits per heavy atom. The van der Waals surface area contributed by atoms with Crippen molar-refractivity contribution in [1.82, 2.24) is 5.32 Å². The molecular formula is C25H28BrNO2. The molecule has 3 rings (SSSR count). The zero-order valence-corrected chi connectivity index (χ0v) is 18.6. The van der Waals surface area contributed by atoms with E-state index in [9.17, 15) is 0 Å². The minimum absolute atomic E-state index is 0.425. The second-order valence-electron chi connectivity index (χ2n) is 7.19. The van der Waals surface area contributed by atoms with Crippen molar-refractivity contribution in [1.29, 1.82) is 0 Å². The van der Waals surface area contributed by atoms with Crippen LogP contribution >= 0.6 is 15.9 Å². The number of halogens is 1. The van der Waals surface area contributed by atoms with Crippen LogP contribution in [0.15, 0.2) is 77.3 Å². The molecule has 152 valence electrons. The lowest BCUT2D eigenvalue weighted by molar-refractivity contribution is 0.282. The number of hydrogen-bond donors (Lipinski definition) is 1. The van der Waals surface area contributed by atoms with Gasteiger partial charge in [0.1, 0.15) is 6.61 Å². The lowest BCUT2D eigenvalue weighted by Gasteiger charge is -2.17. The van der Waals surface area contributed by atoms with E-state index >= 15 is 0 Å². The maximum absolute atomic E-state index is 6.02. The number of nitrogens with one attached hydrogen (secondary N) is 1. The van der Waals surface area contributed by atoms with Crippen LogP contribution < -0.4 is 14.8 Å². The molecule has 0 amide bonds. The Morgan fingerprint density at radius 3 is 2.21 bits per heavy atom. The predicted octanol–water partition coefficient (Wildman–Crippen LogP) is 6.15. The lowest BCUT2D eigenvalue weighted by atomic mass is 10.1. The number of rotatable bonds is 10. The van der Waals surface area contributed by atoms with Gasteiger partial charge in [-0.3, -0.25) is 0 Å². The van der Waals surface area contributed by atoms with Gasteiger partial charge >= 0.3 is 0 Å². The van der Waals surface area contributed by atoms with Crippen LogP contribution in [0.3, 0.4) is 0 Å². The SMILES string of the molecule is COc1cc(CNC(C)CCc2ccccc2)cc(Br)c1OCc1ccccc1. The van der Waals surface area contributed by atoms with Crippen LogP contribution in [-0.4, -0.2) is 13.2 Å². The van der Waals surface area contributed by atoms with Gasteiger partial charge in [-0.2, -0.15) is 0 Å². The minimum Gasteiger partial charge on any atom is -0.493 e. The first-order chi connectivity index (χ1) is 14.2. The van der Waals surface area contributed by atoms with Crippen LogP contribution in [0.1, 0.15) is 30.0 Å². The molecule has 0 fully saturated rings. The Kier molecular flexibility index (Phi) is 8.14.